The van der Waals surface area contributed by atoms with E-state index in [1.807, 2.05) is 24.3 Å². The summed E-state index contributed by atoms with van der Waals surface area (Å²) in [6.07, 6.45) is 0. The Hall–Kier alpha value is -2.01. The fraction of sp³-hybridized carbons (Fsp3) is 0.154. The van der Waals surface area contributed by atoms with Crippen molar-refractivity contribution in [3.8, 4) is 5.75 Å². The largest absolute Gasteiger partial charge is 0.497 e. The summed E-state index contributed by atoms with van der Waals surface area (Å²) in [6.45, 7) is 0.786. The topological polar surface area (TPSA) is 49.9 Å². The van der Waals surface area contributed by atoms with E-state index in [-0.39, 0.29) is 0 Å². The molecule has 2 heterocycles. The van der Waals surface area contributed by atoms with Crippen LogP contribution in [0.4, 0.5) is 5.95 Å². The summed E-state index contributed by atoms with van der Waals surface area (Å²) in [5.41, 5.74) is 1.91. The molecule has 0 atom stereocenters. The molecule has 0 fully saturated rings. The first kappa shape index (κ1) is 11.1. The molecule has 3 rings (SSSR count). The van der Waals surface area contributed by atoms with E-state index in [2.05, 4.69) is 26.7 Å². The highest BCUT2D eigenvalue weighted by Gasteiger charge is 2.03. The lowest BCUT2D eigenvalue weighted by Gasteiger charge is -1.98. The van der Waals surface area contributed by atoms with Gasteiger partial charge in [0.05, 0.1) is 24.7 Å². The van der Waals surface area contributed by atoms with Crippen LogP contribution in [0.2, 0.25) is 0 Å². The zero-order valence-electron chi connectivity index (χ0n) is 9.93. The lowest BCUT2D eigenvalue weighted by molar-refractivity contribution is 0.415. The molecule has 0 amide bonds. The van der Waals surface area contributed by atoms with E-state index in [1.54, 1.807) is 18.4 Å². The molecule has 0 aliphatic heterocycles. The second-order valence-electron chi connectivity index (χ2n) is 3.90. The van der Waals surface area contributed by atoms with Crippen LogP contribution in [0.1, 0.15) is 4.88 Å². The third kappa shape index (κ3) is 2.17. The first-order valence-corrected chi connectivity index (χ1v) is 6.53. The van der Waals surface area contributed by atoms with E-state index >= 15 is 0 Å². The molecule has 0 bridgehead atoms. The van der Waals surface area contributed by atoms with E-state index in [1.165, 1.54) is 4.88 Å². The summed E-state index contributed by atoms with van der Waals surface area (Å²) in [5, 5.41) is 5.35. The molecule has 0 spiro atoms. The maximum atomic E-state index is 5.18. The van der Waals surface area contributed by atoms with Crippen molar-refractivity contribution in [1.29, 1.82) is 0 Å². The highest BCUT2D eigenvalue weighted by Crippen LogP contribution is 2.20. The predicted octanol–water partition coefficient (Wildman–Crippen LogP) is 3.25. The minimum absolute atomic E-state index is 0.784. The molecule has 4 nitrogen and oxygen atoms in total. The monoisotopic (exact) mass is 259 g/mol. The Morgan fingerprint density at radius 1 is 1.39 bits per heavy atom. The average Bonchev–Trinajstić information content (AvgIpc) is 3.04. The Morgan fingerprint density at radius 2 is 2.33 bits per heavy atom. The summed E-state index contributed by atoms with van der Waals surface area (Å²) in [6, 6.07) is 9.94. The Morgan fingerprint density at radius 3 is 3.11 bits per heavy atom. The molecule has 2 aromatic heterocycles. The minimum Gasteiger partial charge on any atom is -0.497 e. The average molecular weight is 259 g/mol. The fourth-order valence-corrected chi connectivity index (χ4v) is 2.43. The SMILES string of the molecule is COc1ccc2nc(NCc3cccs3)[nH]c2c1. The molecule has 2 N–H and O–H groups in total. The number of rotatable bonds is 4. The summed E-state index contributed by atoms with van der Waals surface area (Å²) < 4.78 is 5.18. The van der Waals surface area contributed by atoms with Crippen LogP contribution in [0.3, 0.4) is 0 Å². The van der Waals surface area contributed by atoms with Gasteiger partial charge in [0.2, 0.25) is 5.95 Å². The van der Waals surface area contributed by atoms with Gasteiger partial charge in [-0.1, -0.05) is 6.07 Å². The maximum absolute atomic E-state index is 5.18. The summed E-state index contributed by atoms with van der Waals surface area (Å²) >= 11 is 1.73. The van der Waals surface area contributed by atoms with Crippen LogP contribution in [0.15, 0.2) is 35.7 Å². The minimum atomic E-state index is 0.784. The number of nitrogens with one attached hydrogen (secondary N) is 2. The molecule has 0 aliphatic carbocycles. The first-order chi connectivity index (χ1) is 8.85. The van der Waals surface area contributed by atoms with Gasteiger partial charge in [-0.2, -0.15) is 0 Å². The van der Waals surface area contributed by atoms with Gasteiger partial charge < -0.3 is 15.0 Å². The lowest BCUT2D eigenvalue weighted by Crippen LogP contribution is -1.98. The van der Waals surface area contributed by atoms with Crippen molar-refractivity contribution in [3.05, 3.63) is 40.6 Å². The van der Waals surface area contributed by atoms with Gasteiger partial charge in [-0.25, -0.2) is 4.98 Å². The van der Waals surface area contributed by atoms with Gasteiger partial charge in [-0.15, -0.1) is 11.3 Å². The lowest BCUT2D eigenvalue weighted by atomic mass is 10.3. The molecule has 3 aromatic rings. The second-order valence-corrected chi connectivity index (χ2v) is 4.93. The fourth-order valence-electron chi connectivity index (χ4n) is 1.78. The molecule has 0 saturated heterocycles. The molecule has 0 radical (unpaired) electrons. The molecule has 0 saturated carbocycles. The number of H-pyrrole nitrogens is 1. The Kier molecular flexibility index (Phi) is 2.90. The summed E-state index contributed by atoms with van der Waals surface area (Å²) in [5.74, 6) is 1.61. The molecule has 5 heteroatoms. The van der Waals surface area contributed by atoms with Gasteiger partial charge >= 0.3 is 0 Å². The maximum Gasteiger partial charge on any atom is 0.201 e. The van der Waals surface area contributed by atoms with Crippen molar-refractivity contribution in [2.75, 3.05) is 12.4 Å². The van der Waals surface area contributed by atoms with Crippen LogP contribution in [0.25, 0.3) is 11.0 Å². The Balaban J connectivity index is 1.80. The molecule has 18 heavy (non-hydrogen) atoms. The summed E-state index contributed by atoms with van der Waals surface area (Å²) in [7, 11) is 1.66. The second kappa shape index (κ2) is 4.70. The first-order valence-electron chi connectivity index (χ1n) is 5.65. The van der Waals surface area contributed by atoms with E-state index in [4.69, 9.17) is 4.74 Å². The Bertz CT molecular complexity index is 645. The number of anilines is 1. The van der Waals surface area contributed by atoms with Gasteiger partial charge in [0.15, 0.2) is 0 Å². The number of ether oxygens (including phenoxy) is 1. The normalized spacial score (nSPS) is 10.7. The van der Waals surface area contributed by atoms with E-state index in [0.717, 1.165) is 29.3 Å². The van der Waals surface area contributed by atoms with Crippen molar-refractivity contribution in [1.82, 2.24) is 9.97 Å². The van der Waals surface area contributed by atoms with Crippen molar-refractivity contribution >= 4 is 28.3 Å². The zero-order valence-corrected chi connectivity index (χ0v) is 10.8. The van der Waals surface area contributed by atoms with Crippen LogP contribution >= 0.6 is 11.3 Å². The number of methoxy groups -OCH3 is 1. The van der Waals surface area contributed by atoms with Gasteiger partial charge in [0.1, 0.15) is 5.75 Å². The van der Waals surface area contributed by atoms with Gasteiger partial charge in [0.25, 0.3) is 0 Å². The number of imidazole rings is 1. The van der Waals surface area contributed by atoms with Gasteiger partial charge in [-0.3, -0.25) is 0 Å². The predicted molar refractivity (Wildman–Crippen MR) is 74.3 cm³/mol. The van der Waals surface area contributed by atoms with E-state index < -0.39 is 0 Å². The molecular weight excluding hydrogens is 246 g/mol. The van der Waals surface area contributed by atoms with Gasteiger partial charge in [0, 0.05) is 10.9 Å². The van der Waals surface area contributed by atoms with Crippen molar-refractivity contribution in [2.45, 2.75) is 6.54 Å². The van der Waals surface area contributed by atoms with Crippen molar-refractivity contribution in [3.63, 3.8) is 0 Å². The number of aromatic amines is 1. The number of thiophene rings is 1. The summed E-state index contributed by atoms with van der Waals surface area (Å²) in [4.78, 5) is 8.99. The number of benzene rings is 1. The molecular formula is C13H13N3OS. The third-order valence-corrected chi connectivity index (χ3v) is 3.58. The van der Waals surface area contributed by atoms with Crippen LogP contribution in [-0.2, 0) is 6.54 Å². The highest BCUT2D eigenvalue weighted by atomic mass is 32.1. The standard InChI is InChI=1S/C13H13N3OS/c1-17-9-4-5-11-12(7-9)16-13(15-11)14-8-10-3-2-6-18-10/h2-7H,8H2,1H3,(H2,14,15,16). The quantitative estimate of drug-likeness (QED) is 0.756. The van der Waals surface area contributed by atoms with Crippen LogP contribution in [0.5, 0.6) is 5.75 Å². The van der Waals surface area contributed by atoms with Crippen LogP contribution in [0, 0.1) is 0 Å². The number of hydrogen-bond acceptors (Lipinski definition) is 4. The Labute approximate surface area is 109 Å². The number of aromatic nitrogens is 2. The van der Waals surface area contributed by atoms with Crippen LogP contribution < -0.4 is 10.1 Å². The molecule has 1 aromatic carbocycles. The van der Waals surface area contributed by atoms with E-state index in [0.29, 0.717) is 0 Å². The number of hydrogen-bond donors (Lipinski definition) is 2. The molecule has 0 aliphatic rings. The highest BCUT2D eigenvalue weighted by molar-refractivity contribution is 7.09. The molecule has 92 valence electrons. The van der Waals surface area contributed by atoms with Gasteiger partial charge in [-0.05, 0) is 23.6 Å². The van der Waals surface area contributed by atoms with Crippen molar-refractivity contribution < 1.29 is 4.74 Å². The smallest absolute Gasteiger partial charge is 0.201 e. The third-order valence-electron chi connectivity index (χ3n) is 2.70. The van der Waals surface area contributed by atoms with Crippen molar-refractivity contribution in [2.24, 2.45) is 0 Å². The molecule has 0 unspecified atom stereocenters. The zero-order chi connectivity index (χ0) is 12.4. The number of fused-ring (bicyclic) bond motifs is 1. The van der Waals surface area contributed by atoms with Crippen LogP contribution in [-0.4, -0.2) is 17.1 Å². The van der Waals surface area contributed by atoms with E-state index in [9.17, 15) is 0 Å². The number of nitrogens with zero attached hydrogens (tertiary/aromatic N) is 1.